The van der Waals surface area contributed by atoms with E-state index in [4.69, 9.17) is 18.0 Å². The first-order valence-corrected chi connectivity index (χ1v) is 3.50. The Labute approximate surface area is 70.6 Å². The molecule has 11 heavy (non-hydrogen) atoms. The summed E-state index contributed by atoms with van der Waals surface area (Å²) in [4.78, 5) is 3.98. The second-order valence-electron chi connectivity index (χ2n) is 1.89. The summed E-state index contributed by atoms with van der Waals surface area (Å²) in [6.45, 7) is 0.441. The molecule has 0 spiro atoms. The van der Waals surface area contributed by atoms with Crippen LogP contribution in [0.1, 0.15) is 0 Å². The monoisotopic (exact) mass is 166 g/mol. The second-order valence-corrected chi connectivity index (χ2v) is 2.30. The van der Waals surface area contributed by atoms with E-state index in [1.165, 1.54) is 0 Å². The Bertz CT molecular complexity index is 278. The van der Waals surface area contributed by atoms with Crippen LogP contribution in [0.3, 0.4) is 0 Å². The average Bonchev–Trinajstić information content (AvgIpc) is 2.03. The molecule has 1 N–H and O–H groups in total. The lowest BCUT2D eigenvalue weighted by Gasteiger charge is -2.01. The number of aromatic nitrogens is 1. The number of hydrogen-bond donors (Lipinski definition) is 1. The Kier molecular flexibility index (Phi) is 2.76. The van der Waals surface area contributed by atoms with E-state index in [9.17, 15) is 0 Å². The van der Waals surface area contributed by atoms with Gasteiger partial charge in [-0.1, -0.05) is 17.5 Å². The predicted octanol–water partition coefficient (Wildman–Crippen LogP) is 1.78. The molecule has 0 aliphatic carbocycles. The van der Waals surface area contributed by atoms with E-state index in [-0.39, 0.29) is 0 Å². The van der Waals surface area contributed by atoms with E-state index in [0.717, 1.165) is 0 Å². The van der Waals surface area contributed by atoms with Crippen molar-refractivity contribution in [3.05, 3.63) is 23.4 Å². The molecule has 1 rings (SSSR count). The average molecular weight is 167 g/mol. The van der Waals surface area contributed by atoms with Gasteiger partial charge in [-0.25, -0.2) is 4.98 Å². The predicted molar refractivity (Wildman–Crippen MR) is 46.6 cm³/mol. The fourth-order valence-electron chi connectivity index (χ4n) is 0.651. The van der Waals surface area contributed by atoms with Crippen molar-refractivity contribution in [1.82, 2.24) is 4.98 Å². The molecular formula is C8H7ClN2. The SMILES string of the molecule is C#CCNc1ncccc1Cl. The van der Waals surface area contributed by atoms with Gasteiger partial charge in [0.05, 0.1) is 11.6 Å². The highest BCUT2D eigenvalue weighted by molar-refractivity contribution is 6.32. The molecule has 0 radical (unpaired) electrons. The molecule has 0 bridgehead atoms. The number of anilines is 1. The van der Waals surface area contributed by atoms with E-state index >= 15 is 0 Å². The van der Waals surface area contributed by atoms with Gasteiger partial charge in [0, 0.05) is 6.20 Å². The Morgan fingerprint density at radius 3 is 3.18 bits per heavy atom. The standard InChI is InChI=1S/C8H7ClN2/c1-2-5-10-8-7(9)4-3-6-11-8/h1,3-4,6H,5H2,(H,10,11). The van der Waals surface area contributed by atoms with Gasteiger partial charge in [-0.05, 0) is 12.1 Å². The van der Waals surface area contributed by atoms with E-state index in [0.29, 0.717) is 17.4 Å². The molecule has 3 heteroatoms. The molecule has 1 heterocycles. The maximum Gasteiger partial charge on any atom is 0.145 e. The highest BCUT2D eigenvalue weighted by Gasteiger charge is 1.95. The van der Waals surface area contributed by atoms with Gasteiger partial charge in [0.1, 0.15) is 5.82 Å². The molecule has 0 saturated heterocycles. The van der Waals surface area contributed by atoms with Crippen molar-refractivity contribution in [1.29, 1.82) is 0 Å². The minimum atomic E-state index is 0.441. The lowest BCUT2D eigenvalue weighted by atomic mass is 10.4. The zero-order valence-corrected chi connectivity index (χ0v) is 6.60. The van der Waals surface area contributed by atoms with Crippen molar-refractivity contribution in [2.24, 2.45) is 0 Å². The number of rotatable bonds is 2. The summed E-state index contributed by atoms with van der Waals surface area (Å²) in [5.74, 6) is 3.07. The zero-order valence-electron chi connectivity index (χ0n) is 5.84. The van der Waals surface area contributed by atoms with Crippen molar-refractivity contribution < 1.29 is 0 Å². The quantitative estimate of drug-likeness (QED) is 0.678. The van der Waals surface area contributed by atoms with Crippen molar-refractivity contribution in [3.63, 3.8) is 0 Å². The van der Waals surface area contributed by atoms with E-state index in [1.807, 2.05) is 0 Å². The lowest BCUT2D eigenvalue weighted by molar-refractivity contribution is 1.25. The van der Waals surface area contributed by atoms with Crippen LogP contribution in [0, 0.1) is 12.3 Å². The normalized spacial score (nSPS) is 8.73. The molecule has 0 aromatic carbocycles. The molecule has 56 valence electrons. The summed E-state index contributed by atoms with van der Waals surface area (Å²) in [5.41, 5.74) is 0. The lowest BCUT2D eigenvalue weighted by Crippen LogP contribution is -2.00. The minimum absolute atomic E-state index is 0.441. The highest BCUT2D eigenvalue weighted by Crippen LogP contribution is 2.16. The number of halogens is 1. The number of nitrogens with zero attached hydrogens (tertiary/aromatic N) is 1. The van der Waals surface area contributed by atoms with Gasteiger partial charge < -0.3 is 5.32 Å². The summed E-state index contributed by atoms with van der Waals surface area (Å²) in [6, 6.07) is 3.52. The van der Waals surface area contributed by atoms with Crippen LogP contribution in [0.5, 0.6) is 0 Å². The Morgan fingerprint density at radius 1 is 1.73 bits per heavy atom. The molecule has 1 aromatic heterocycles. The smallest absolute Gasteiger partial charge is 0.145 e. The number of terminal acetylenes is 1. The Morgan fingerprint density at radius 2 is 2.55 bits per heavy atom. The van der Waals surface area contributed by atoms with Gasteiger partial charge in [-0.3, -0.25) is 0 Å². The number of hydrogen-bond acceptors (Lipinski definition) is 2. The second kappa shape index (κ2) is 3.85. The summed E-state index contributed by atoms with van der Waals surface area (Å²) >= 11 is 5.77. The van der Waals surface area contributed by atoms with Gasteiger partial charge >= 0.3 is 0 Å². The number of nitrogens with one attached hydrogen (secondary N) is 1. The summed E-state index contributed by atoms with van der Waals surface area (Å²) in [7, 11) is 0. The Balaban J connectivity index is 2.71. The largest absolute Gasteiger partial charge is 0.358 e. The van der Waals surface area contributed by atoms with Crippen LogP contribution in [0.25, 0.3) is 0 Å². The van der Waals surface area contributed by atoms with Crippen LogP contribution in [0.15, 0.2) is 18.3 Å². The van der Waals surface area contributed by atoms with Crippen LogP contribution in [0.2, 0.25) is 5.02 Å². The molecule has 0 atom stereocenters. The zero-order chi connectivity index (χ0) is 8.10. The van der Waals surface area contributed by atoms with Gasteiger partial charge in [-0.2, -0.15) is 0 Å². The Hall–Kier alpha value is -1.20. The van der Waals surface area contributed by atoms with Crippen LogP contribution < -0.4 is 5.32 Å². The molecule has 0 aliphatic heterocycles. The molecule has 0 fully saturated rings. The van der Waals surface area contributed by atoms with Crippen molar-refractivity contribution in [2.75, 3.05) is 11.9 Å². The number of pyridine rings is 1. The molecule has 2 nitrogen and oxygen atoms in total. The maximum atomic E-state index is 5.77. The fraction of sp³-hybridized carbons (Fsp3) is 0.125. The maximum absolute atomic E-state index is 5.77. The van der Waals surface area contributed by atoms with Crippen LogP contribution in [-0.2, 0) is 0 Å². The van der Waals surface area contributed by atoms with Gasteiger partial charge in [0.15, 0.2) is 0 Å². The highest BCUT2D eigenvalue weighted by atomic mass is 35.5. The van der Waals surface area contributed by atoms with E-state index in [2.05, 4.69) is 16.2 Å². The van der Waals surface area contributed by atoms with Gasteiger partial charge in [0.25, 0.3) is 0 Å². The molecular weight excluding hydrogens is 160 g/mol. The first-order valence-electron chi connectivity index (χ1n) is 3.12. The third-order valence-electron chi connectivity index (χ3n) is 1.12. The third kappa shape index (κ3) is 2.14. The van der Waals surface area contributed by atoms with Crippen LogP contribution in [-0.4, -0.2) is 11.5 Å². The molecule has 0 unspecified atom stereocenters. The third-order valence-corrected chi connectivity index (χ3v) is 1.42. The van der Waals surface area contributed by atoms with Crippen molar-refractivity contribution >= 4 is 17.4 Å². The molecule has 1 aromatic rings. The molecule has 0 amide bonds. The summed E-state index contributed by atoms with van der Waals surface area (Å²) < 4.78 is 0. The van der Waals surface area contributed by atoms with Crippen LogP contribution >= 0.6 is 11.6 Å². The van der Waals surface area contributed by atoms with Crippen molar-refractivity contribution in [3.8, 4) is 12.3 Å². The van der Waals surface area contributed by atoms with Crippen LogP contribution in [0.4, 0.5) is 5.82 Å². The van der Waals surface area contributed by atoms with Gasteiger partial charge in [0.2, 0.25) is 0 Å². The molecule has 0 saturated carbocycles. The summed E-state index contributed by atoms with van der Waals surface area (Å²) in [5, 5.41) is 3.47. The first kappa shape index (κ1) is 7.90. The summed E-state index contributed by atoms with van der Waals surface area (Å²) in [6.07, 6.45) is 6.70. The van der Waals surface area contributed by atoms with Crippen molar-refractivity contribution in [2.45, 2.75) is 0 Å². The molecule has 0 aliphatic rings. The fourth-order valence-corrected chi connectivity index (χ4v) is 0.839. The van der Waals surface area contributed by atoms with E-state index in [1.54, 1.807) is 18.3 Å². The first-order chi connectivity index (χ1) is 5.34. The minimum Gasteiger partial charge on any atom is -0.358 e. The van der Waals surface area contributed by atoms with E-state index < -0.39 is 0 Å². The topological polar surface area (TPSA) is 24.9 Å². The van der Waals surface area contributed by atoms with Gasteiger partial charge in [-0.15, -0.1) is 6.42 Å².